The van der Waals surface area contributed by atoms with Gasteiger partial charge in [-0.25, -0.2) is 8.42 Å². The molecule has 5 nitrogen and oxygen atoms in total. The van der Waals surface area contributed by atoms with Crippen LogP contribution < -0.4 is 5.73 Å². The zero-order chi connectivity index (χ0) is 15.6. The van der Waals surface area contributed by atoms with Crippen LogP contribution in [0.5, 0.6) is 0 Å². The molecule has 0 saturated carbocycles. The number of hydrogen-bond donors (Lipinski definition) is 1. The van der Waals surface area contributed by atoms with Crippen LogP contribution in [-0.4, -0.2) is 48.4 Å². The van der Waals surface area contributed by atoms with Crippen LogP contribution in [-0.2, 0) is 9.84 Å². The molecule has 21 heavy (non-hydrogen) atoms. The molecule has 7 heteroatoms. The fourth-order valence-electron chi connectivity index (χ4n) is 2.33. The smallest absolute Gasteiger partial charge is 0.255 e. The van der Waals surface area contributed by atoms with Crippen molar-refractivity contribution in [2.75, 3.05) is 29.5 Å². The zero-order valence-electron chi connectivity index (χ0n) is 12.2. The summed E-state index contributed by atoms with van der Waals surface area (Å²) in [5.74, 6) is 0.978. The predicted molar refractivity (Wildman–Crippen MR) is 87.2 cm³/mol. The molecule has 0 bridgehead atoms. The Morgan fingerprint density at radius 2 is 2.19 bits per heavy atom. The van der Waals surface area contributed by atoms with Crippen LogP contribution in [0.15, 0.2) is 18.2 Å². The molecule has 0 aromatic heterocycles. The number of aryl methyl sites for hydroxylation is 1. The number of hydrogen-bond acceptors (Lipinski definition) is 5. The SMILES string of the molecule is CCS(=O)(=O)C1CSCCN1C(=O)c1cc(N)ccc1C. The molecular weight excluding hydrogens is 308 g/mol. The number of nitrogen functional groups attached to an aromatic ring is 1. The first-order valence-corrected chi connectivity index (χ1v) is 9.70. The lowest BCUT2D eigenvalue weighted by Crippen LogP contribution is -2.50. The van der Waals surface area contributed by atoms with E-state index in [9.17, 15) is 13.2 Å². The van der Waals surface area contributed by atoms with Gasteiger partial charge >= 0.3 is 0 Å². The van der Waals surface area contributed by atoms with Gasteiger partial charge in [0.15, 0.2) is 9.84 Å². The third kappa shape index (κ3) is 3.35. The maximum Gasteiger partial charge on any atom is 0.255 e. The van der Waals surface area contributed by atoms with Gasteiger partial charge < -0.3 is 10.6 Å². The van der Waals surface area contributed by atoms with E-state index in [1.54, 1.807) is 36.9 Å². The standard InChI is InChI=1S/C14H20N2O3S2/c1-3-21(18,19)13-9-20-7-6-16(13)14(17)12-8-11(15)5-4-10(12)2/h4-5,8,13H,3,6-7,9,15H2,1-2H3. The van der Waals surface area contributed by atoms with Crippen LogP contribution in [0, 0.1) is 6.92 Å². The Bertz CT molecular complexity index is 644. The second-order valence-electron chi connectivity index (χ2n) is 5.05. The lowest BCUT2D eigenvalue weighted by atomic mass is 10.1. The van der Waals surface area contributed by atoms with Crippen molar-refractivity contribution in [1.82, 2.24) is 4.90 Å². The van der Waals surface area contributed by atoms with E-state index in [-0.39, 0.29) is 11.7 Å². The molecule has 1 atom stereocenters. The van der Waals surface area contributed by atoms with Gasteiger partial charge in [-0.1, -0.05) is 13.0 Å². The zero-order valence-corrected chi connectivity index (χ0v) is 13.8. The highest BCUT2D eigenvalue weighted by atomic mass is 32.2. The topological polar surface area (TPSA) is 80.5 Å². The van der Waals surface area contributed by atoms with E-state index in [2.05, 4.69) is 0 Å². The Hall–Kier alpha value is -1.21. The summed E-state index contributed by atoms with van der Waals surface area (Å²) in [7, 11) is -3.29. The maximum absolute atomic E-state index is 12.7. The van der Waals surface area contributed by atoms with Crippen LogP contribution in [0.25, 0.3) is 0 Å². The van der Waals surface area contributed by atoms with Gasteiger partial charge in [0, 0.05) is 35.1 Å². The van der Waals surface area contributed by atoms with Gasteiger partial charge in [0.2, 0.25) is 0 Å². The molecule has 2 rings (SSSR count). The molecule has 1 heterocycles. The molecule has 1 unspecified atom stereocenters. The lowest BCUT2D eigenvalue weighted by molar-refractivity contribution is 0.0748. The second-order valence-corrected chi connectivity index (χ2v) is 8.65. The van der Waals surface area contributed by atoms with E-state index >= 15 is 0 Å². The van der Waals surface area contributed by atoms with Crippen molar-refractivity contribution in [2.24, 2.45) is 0 Å². The van der Waals surface area contributed by atoms with Crippen LogP contribution in [0.1, 0.15) is 22.8 Å². The molecule has 1 fully saturated rings. The predicted octanol–water partition coefficient (Wildman–Crippen LogP) is 1.53. The molecule has 1 aromatic rings. The number of carbonyl (C=O) groups excluding carboxylic acids is 1. The summed E-state index contributed by atoms with van der Waals surface area (Å²) in [6.07, 6.45) is 0. The van der Waals surface area contributed by atoms with E-state index in [1.807, 2.05) is 6.92 Å². The monoisotopic (exact) mass is 328 g/mol. The molecular formula is C14H20N2O3S2. The summed E-state index contributed by atoms with van der Waals surface area (Å²) in [4.78, 5) is 14.2. The van der Waals surface area contributed by atoms with Crippen molar-refractivity contribution >= 4 is 33.2 Å². The van der Waals surface area contributed by atoms with Gasteiger partial charge in [-0.3, -0.25) is 4.79 Å². The normalized spacial score (nSPS) is 19.5. The number of anilines is 1. The van der Waals surface area contributed by atoms with Gasteiger partial charge in [0.05, 0.1) is 0 Å². The van der Waals surface area contributed by atoms with Crippen molar-refractivity contribution in [3.63, 3.8) is 0 Å². The van der Waals surface area contributed by atoms with Crippen molar-refractivity contribution in [3.05, 3.63) is 29.3 Å². The number of thioether (sulfide) groups is 1. The van der Waals surface area contributed by atoms with Gasteiger partial charge in [0.1, 0.15) is 5.37 Å². The molecule has 1 amide bonds. The Morgan fingerprint density at radius 3 is 2.86 bits per heavy atom. The Kier molecular flexibility index (Phi) is 4.83. The number of carbonyl (C=O) groups is 1. The first kappa shape index (κ1) is 16.2. The second kappa shape index (κ2) is 6.27. The fourth-order valence-corrected chi connectivity index (χ4v) is 5.29. The number of sulfone groups is 1. The number of nitrogens with two attached hydrogens (primary N) is 1. The third-order valence-corrected chi connectivity index (χ3v) is 6.94. The Morgan fingerprint density at radius 1 is 1.48 bits per heavy atom. The van der Waals surface area contributed by atoms with Crippen LogP contribution in [0.3, 0.4) is 0 Å². The minimum Gasteiger partial charge on any atom is -0.399 e. The first-order chi connectivity index (χ1) is 9.86. The molecule has 1 aliphatic heterocycles. The highest BCUT2D eigenvalue weighted by Gasteiger charge is 2.36. The van der Waals surface area contributed by atoms with Gasteiger partial charge in [-0.2, -0.15) is 11.8 Å². The van der Waals surface area contributed by atoms with Crippen molar-refractivity contribution < 1.29 is 13.2 Å². The molecule has 0 spiro atoms. The summed E-state index contributed by atoms with van der Waals surface area (Å²) in [5.41, 5.74) is 7.54. The fraction of sp³-hybridized carbons (Fsp3) is 0.500. The van der Waals surface area contributed by atoms with E-state index in [1.165, 1.54) is 4.90 Å². The minimum atomic E-state index is -3.29. The summed E-state index contributed by atoms with van der Waals surface area (Å²) >= 11 is 1.57. The number of rotatable bonds is 3. The van der Waals surface area contributed by atoms with Crippen LogP contribution in [0.4, 0.5) is 5.69 Å². The third-order valence-electron chi connectivity index (χ3n) is 3.65. The van der Waals surface area contributed by atoms with E-state index < -0.39 is 15.2 Å². The molecule has 0 radical (unpaired) electrons. The summed E-state index contributed by atoms with van der Waals surface area (Å²) in [5, 5.41) is -0.741. The number of benzene rings is 1. The quantitative estimate of drug-likeness (QED) is 0.851. The largest absolute Gasteiger partial charge is 0.399 e. The Labute approximate surface area is 129 Å². The van der Waals surface area contributed by atoms with Gasteiger partial charge in [0.25, 0.3) is 5.91 Å². The molecule has 2 N–H and O–H groups in total. The summed E-state index contributed by atoms with van der Waals surface area (Å²) in [6, 6.07) is 5.14. The lowest BCUT2D eigenvalue weighted by Gasteiger charge is -2.35. The highest BCUT2D eigenvalue weighted by Crippen LogP contribution is 2.25. The van der Waals surface area contributed by atoms with E-state index in [0.29, 0.717) is 23.5 Å². The molecule has 116 valence electrons. The van der Waals surface area contributed by atoms with Crippen molar-refractivity contribution in [1.29, 1.82) is 0 Å². The van der Waals surface area contributed by atoms with Crippen LogP contribution in [0.2, 0.25) is 0 Å². The van der Waals surface area contributed by atoms with Gasteiger partial charge in [-0.05, 0) is 24.6 Å². The first-order valence-electron chi connectivity index (χ1n) is 6.83. The Balaban J connectivity index is 2.37. The summed E-state index contributed by atoms with van der Waals surface area (Å²) in [6.45, 7) is 3.89. The van der Waals surface area contributed by atoms with Crippen LogP contribution >= 0.6 is 11.8 Å². The average Bonchev–Trinajstić information content (AvgIpc) is 2.49. The highest BCUT2D eigenvalue weighted by molar-refractivity contribution is 8.01. The van der Waals surface area contributed by atoms with E-state index in [4.69, 9.17) is 5.73 Å². The molecule has 1 aromatic carbocycles. The van der Waals surface area contributed by atoms with Gasteiger partial charge in [-0.15, -0.1) is 0 Å². The average molecular weight is 328 g/mol. The molecule has 1 saturated heterocycles. The molecule has 0 aliphatic carbocycles. The molecule has 1 aliphatic rings. The van der Waals surface area contributed by atoms with Crippen molar-refractivity contribution in [3.8, 4) is 0 Å². The number of amides is 1. The maximum atomic E-state index is 12.7. The summed E-state index contributed by atoms with van der Waals surface area (Å²) < 4.78 is 24.4. The minimum absolute atomic E-state index is 0.0396. The van der Waals surface area contributed by atoms with E-state index in [0.717, 1.165) is 11.3 Å². The van der Waals surface area contributed by atoms with Crippen molar-refractivity contribution in [2.45, 2.75) is 19.2 Å². The number of nitrogens with zero attached hydrogens (tertiary/aromatic N) is 1.